The molecular formula is C13H15N3O3. The number of Topliss-reactive ketones (excluding diaryl/α,β-unsaturated/α-hetero) is 1. The molecule has 2 rings (SSSR count). The van der Waals surface area contributed by atoms with Gasteiger partial charge < -0.3 is 14.4 Å². The van der Waals surface area contributed by atoms with E-state index in [0.29, 0.717) is 18.8 Å². The predicted octanol–water partition coefficient (Wildman–Crippen LogP) is 1.02. The number of carbonyl (C=O) groups excluding carboxylic acids is 1. The number of nitrogens with zero attached hydrogens (tertiary/aromatic N) is 3. The van der Waals surface area contributed by atoms with E-state index in [1.807, 2.05) is 6.07 Å². The fourth-order valence-electron chi connectivity index (χ4n) is 1.97. The van der Waals surface area contributed by atoms with Crippen molar-refractivity contribution >= 4 is 11.5 Å². The Labute approximate surface area is 111 Å². The van der Waals surface area contributed by atoms with E-state index in [1.54, 1.807) is 12.3 Å². The summed E-state index contributed by atoms with van der Waals surface area (Å²) >= 11 is 0. The molecule has 0 spiro atoms. The number of methoxy groups -OCH3 is 1. The van der Waals surface area contributed by atoms with Crippen molar-refractivity contribution in [2.45, 2.75) is 6.42 Å². The van der Waals surface area contributed by atoms with Gasteiger partial charge in [0.25, 0.3) is 0 Å². The van der Waals surface area contributed by atoms with Gasteiger partial charge in [-0.3, -0.25) is 4.79 Å². The number of anilines is 1. The van der Waals surface area contributed by atoms with Crippen LogP contribution >= 0.6 is 0 Å². The number of carbonyl (C=O) groups is 1. The highest BCUT2D eigenvalue weighted by Crippen LogP contribution is 2.24. The van der Waals surface area contributed by atoms with Crippen LogP contribution in [0.3, 0.4) is 0 Å². The Morgan fingerprint density at radius 3 is 2.95 bits per heavy atom. The van der Waals surface area contributed by atoms with E-state index in [1.165, 1.54) is 7.11 Å². The van der Waals surface area contributed by atoms with Crippen LogP contribution in [0, 0.1) is 11.3 Å². The average Bonchev–Trinajstić information content (AvgIpc) is 2.47. The summed E-state index contributed by atoms with van der Waals surface area (Å²) in [7, 11) is 1.46. The first kappa shape index (κ1) is 13.3. The van der Waals surface area contributed by atoms with Crippen molar-refractivity contribution in [3.63, 3.8) is 0 Å². The molecular weight excluding hydrogens is 246 g/mol. The lowest BCUT2D eigenvalue weighted by Crippen LogP contribution is -2.36. The lowest BCUT2D eigenvalue weighted by molar-refractivity contribution is 0.0994. The summed E-state index contributed by atoms with van der Waals surface area (Å²) in [5, 5.41) is 8.62. The van der Waals surface area contributed by atoms with Gasteiger partial charge in [-0.1, -0.05) is 0 Å². The smallest absolute Gasteiger partial charge is 0.224 e. The van der Waals surface area contributed by atoms with Crippen molar-refractivity contribution in [3.05, 3.63) is 17.8 Å². The minimum absolute atomic E-state index is 0.176. The van der Waals surface area contributed by atoms with E-state index in [-0.39, 0.29) is 18.1 Å². The molecule has 0 amide bonds. The van der Waals surface area contributed by atoms with E-state index in [0.717, 1.165) is 18.8 Å². The molecule has 0 bridgehead atoms. The standard InChI is InChI=1S/C13H15N3O3/c1-18-13-11(12(17)2-3-14)8-10(9-15-13)16-4-6-19-7-5-16/h8-9H,2,4-7H2,1H3. The molecule has 6 heteroatoms. The van der Waals surface area contributed by atoms with E-state index in [4.69, 9.17) is 14.7 Å². The predicted molar refractivity (Wildman–Crippen MR) is 68.4 cm³/mol. The Morgan fingerprint density at radius 1 is 1.58 bits per heavy atom. The first-order chi connectivity index (χ1) is 9.26. The Kier molecular flexibility index (Phi) is 4.31. The van der Waals surface area contributed by atoms with Crippen LogP contribution in [0.15, 0.2) is 12.3 Å². The minimum atomic E-state index is -0.276. The van der Waals surface area contributed by atoms with Gasteiger partial charge in [0.15, 0.2) is 5.78 Å². The number of ketones is 1. The van der Waals surface area contributed by atoms with Gasteiger partial charge in [0, 0.05) is 13.1 Å². The van der Waals surface area contributed by atoms with Crippen LogP contribution in [0.5, 0.6) is 5.88 Å². The highest BCUT2D eigenvalue weighted by atomic mass is 16.5. The Hall–Kier alpha value is -2.13. The summed E-state index contributed by atoms with van der Waals surface area (Å²) in [4.78, 5) is 18.1. The summed E-state index contributed by atoms with van der Waals surface area (Å²) in [5.74, 6) is -0.0146. The maximum Gasteiger partial charge on any atom is 0.224 e. The van der Waals surface area contributed by atoms with Crippen LogP contribution in [0.1, 0.15) is 16.8 Å². The zero-order chi connectivity index (χ0) is 13.7. The first-order valence-corrected chi connectivity index (χ1v) is 6.03. The molecule has 0 radical (unpaired) electrons. The lowest BCUT2D eigenvalue weighted by Gasteiger charge is -2.28. The molecule has 0 aromatic carbocycles. The molecule has 0 N–H and O–H groups in total. The van der Waals surface area contributed by atoms with Crippen molar-refractivity contribution in [2.75, 3.05) is 38.3 Å². The van der Waals surface area contributed by atoms with Gasteiger partial charge in [-0.05, 0) is 6.07 Å². The number of aromatic nitrogens is 1. The van der Waals surface area contributed by atoms with Gasteiger partial charge in [-0.2, -0.15) is 5.26 Å². The molecule has 6 nitrogen and oxygen atoms in total. The zero-order valence-electron chi connectivity index (χ0n) is 10.8. The molecule has 1 aromatic heterocycles. The summed E-state index contributed by atoms with van der Waals surface area (Å²) in [5.41, 5.74) is 1.21. The average molecular weight is 261 g/mol. The number of ether oxygens (including phenoxy) is 2. The van der Waals surface area contributed by atoms with Crippen LogP contribution in [0.25, 0.3) is 0 Å². The molecule has 1 aliphatic heterocycles. The number of hydrogen-bond donors (Lipinski definition) is 0. The van der Waals surface area contributed by atoms with Crippen molar-refractivity contribution in [2.24, 2.45) is 0 Å². The van der Waals surface area contributed by atoms with Crippen molar-refractivity contribution in [3.8, 4) is 11.9 Å². The molecule has 1 aromatic rings. The summed E-state index contributed by atoms with van der Waals surface area (Å²) < 4.78 is 10.4. The zero-order valence-corrected chi connectivity index (χ0v) is 10.8. The maximum absolute atomic E-state index is 11.9. The van der Waals surface area contributed by atoms with Gasteiger partial charge in [-0.15, -0.1) is 0 Å². The summed E-state index contributed by atoms with van der Waals surface area (Å²) in [6.45, 7) is 2.85. The molecule has 2 heterocycles. The monoisotopic (exact) mass is 261 g/mol. The highest BCUT2D eigenvalue weighted by molar-refractivity contribution is 6.00. The normalized spacial score (nSPS) is 14.8. The first-order valence-electron chi connectivity index (χ1n) is 6.03. The largest absolute Gasteiger partial charge is 0.480 e. The van der Waals surface area contributed by atoms with Crippen molar-refractivity contribution in [1.29, 1.82) is 5.26 Å². The quantitative estimate of drug-likeness (QED) is 0.753. The van der Waals surface area contributed by atoms with Gasteiger partial charge in [0.05, 0.1) is 50.3 Å². The molecule has 0 saturated carbocycles. The van der Waals surface area contributed by atoms with Crippen LogP contribution in [-0.2, 0) is 4.74 Å². The number of rotatable bonds is 4. The Morgan fingerprint density at radius 2 is 2.32 bits per heavy atom. The minimum Gasteiger partial charge on any atom is -0.480 e. The molecule has 0 unspecified atom stereocenters. The molecule has 0 aliphatic carbocycles. The Bertz CT molecular complexity index is 504. The highest BCUT2D eigenvalue weighted by Gasteiger charge is 2.18. The molecule has 19 heavy (non-hydrogen) atoms. The third-order valence-corrected chi connectivity index (χ3v) is 2.95. The van der Waals surface area contributed by atoms with E-state index in [9.17, 15) is 4.79 Å². The van der Waals surface area contributed by atoms with Crippen molar-refractivity contribution in [1.82, 2.24) is 4.98 Å². The topological polar surface area (TPSA) is 75.5 Å². The number of hydrogen-bond acceptors (Lipinski definition) is 6. The summed E-state index contributed by atoms with van der Waals surface area (Å²) in [6.07, 6.45) is 1.50. The lowest BCUT2D eigenvalue weighted by atomic mass is 10.1. The summed E-state index contributed by atoms with van der Waals surface area (Å²) in [6, 6.07) is 3.58. The fourth-order valence-corrected chi connectivity index (χ4v) is 1.97. The molecule has 1 fully saturated rings. The number of pyridine rings is 1. The second-order valence-electron chi connectivity index (χ2n) is 4.11. The third kappa shape index (κ3) is 3.01. The maximum atomic E-state index is 11.9. The van der Waals surface area contributed by atoms with Crippen molar-refractivity contribution < 1.29 is 14.3 Å². The van der Waals surface area contributed by atoms with Crippen LogP contribution in [-0.4, -0.2) is 44.2 Å². The SMILES string of the molecule is COc1ncc(N2CCOCC2)cc1C(=O)CC#N. The molecule has 0 atom stereocenters. The van der Waals surface area contributed by atoms with E-state index >= 15 is 0 Å². The fraction of sp³-hybridized carbons (Fsp3) is 0.462. The van der Waals surface area contributed by atoms with Gasteiger partial charge in [0.1, 0.15) is 0 Å². The van der Waals surface area contributed by atoms with Gasteiger partial charge in [0.2, 0.25) is 5.88 Å². The van der Waals surface area contributed by atoms with E-state index in [2.05, 4.69) is 9.88 Å². The van der Waals surface area contributed by atoms with Crippen LogP contribution in [0.4, 0.5) is 5.69 Å². The molecule has 100 valence electrons. The van der Waals surface area contributed by atoms with Gasteiger partial charge >= 0.3 is 0 Å². The number of morpholine rings is 1. The van der Waals surface area contributed by atoms with Gasteiger partial charge in [-0.25, -0.2) is 4.98 Å². The second kappa shape index (κ2) is 6.16. The third-order valence-electron chi connectivity index (χ3n) is 2.95. The van der Waals surface area contributed by atoms with E-state index < -0.39 is 0 Å². The molecule has 1 saturated heterocycles. The molecule has 1 aliphatic rings. The number of nitriles is 1. The van der Waals surface area contributed by atoms with Crippen LogP contribution in [0.2, 0.25) is 0 Å². The Balaban J connectivity index is 2.29. The second-order valence-corrected chi connectivity index (χ2v) is 4.11. The van der Waals surface area contributed by atoms with Crippen LogP contribution < -0.4 is 9.64 Å².